The van der Waals surface area contributed by atoms with Crippen LogP contribution in [0.1, 0.15) is 79.8 Å². The van der Waals surface area contributed by atoms with Gasteiger partial charge in [0.25, 0.3) is 5.91 Å². The zero-order valence-corrected chi connectivity index (χ0v) is 15.9. The standard InChI is InChI=1S/C22H23NO5/c1-13-19(20-17(24)8-3-9-18(20)28-13)21(25)23-10-4-7-16(12-23)14-5-2-6-15(11-14)22(26)27/h2,5-6,11,16H,3-4,7-10,12H2,1H3,(H,26,27). The third-order valence-corrected chi connectivity index (χ3v) is 5.77. The van der Waals surface area contributed by atoms with Crippen LogP contribution in [-0.2, 0) is 6.42 Å². The fourth-order valence-electron chi connectivity index (χ4n) is 4.38. The van der Waals surface area contributed by atoms with Crippen LogP contribution < -0.4 is 0 Å². The first-order valence-electron chi connectivity index (χ1n) is 9.73. The summed E-state index contributed by atoms with van der Waals surface area (Å²) in [5, 5.41) is 9.23. The average Bonchev–Trinajstić information content (AvgIpc) is 3.05. The highest BCUT2D eigenvalue weighted by Crippen LogP contribution is 2.33. The van der Waals surface area contributed by atoms with Crippen molar-refractivity contribution < 1.29 is 23.9 Å². The minimum atomic E-state index is -0.954. The highest BCUT2D eigenvalue weighted by molar-refractivity contribution is 6.10. The third-order valence-electron chi connectivity index (χ3n) is 5.77. The predicted molar refractivity (Wildman–Crippen MR) is 102 cm³/mol. The molecular formula is C22H23NO5. The number of furan rings is 1. The molecule has 1 N–H and O–H groups in total. The summed E-state index contributed by atoms with van der Waals surface area (Å²) in [6.45, 7) is 2.88. The van der Waals surface area contributed by atoms with Crippen LogP contribution in [0.4, 0.5) is 0 Å². The first-order valence-corrected chi connectivity index (χ1v) is 9.73. The minimum Gasteiger partial charge on any atom is -0.478 e. The lowest BCUT2D eigenvalue weighted by molar-refractivity contribution is 0.0686. The number of aryl methyl sites for hydroxylation is 2. The molecule has 1 aliphatic heterocycles. The molecule has 2 aromatic rings. The summed E-state index contributed by atoms with van der Waals surface area (Å²) in [4.78, 5) is 38.7. The summed E-state index contributed by atoms with van der Waals surface area (Å²) in [6, 6.07) is 6.92. The SMILES string of the molecule is Cc1oc2c(c1C(=O)N1CCCC(c3cccc(C(=O)O)c3)C1)C(=O)CCC2. The van der Waals surface area contributed by atoms with Crippen LogP contribution in [0.15, 0.2) is 28.7 Å². The number of carbonyl (C=O) groups is 3. The second-order valence-electron chi connectivity index (χ2n) is 7.63. The van der Waals surface area contributed by atoms with Gasteiger partial charge in [-0.3, -0.25) is 9.59 Å². The number of piperidine rings is 1. The Morgan fingerprint density at radius 3 is 2.82 bits per heavy atom. The molecule has 4 rings (SSSR count). The summed E-state index contributed by atoms with van der Waals surface area (Å²) in [5.41, 5.74) is 2.08. The molecule has 1 atom stereocenters. The van der Waals surface area contributed by atoms with Crippen molar-refractivity contribution >= 4 is 17.7 Å². The fraction of sp³-hybridized carbons (Fsp3) is 0.409. The Balaban J connectivity index is 1.60. The van der Waals surface area contributed by atoms with E-state index in [1.54, 1.807) is 30.0 Å². The quantitative estimate of drug-likeness (QED) is 0.873. The van der Waals surface area contributed by atoms with E-state index in [9.17, 15) is 19.5 Å². The molecule has 0 saturated carbocycles. The Labute approximate surface area is 163 Å². The topological polar surface area (TPSA) is 87.8 Å². The average molecular weight is 381 g/mol. The molecule has 1 aromatic carbocycles. The molecule has 0 spiro atoms. The Morgan fingerprint density at radius 1 is 1.21 bits per heavy atom. The summed E-state index contributed by atoms with van der Waals surface area (Å²) in [7, 11) is 0. The van der Waals surface area contributed by atoms with Crippen molar-refractivity contribution in [3.05, 3.63) is 58.0 Å². The molecule has 146 valence electrons. The van der Waals surface area contributed by atoms with Crippen molar-refractivity contribution in [2.24, 2.45) is 0 Å². The van der Waals surface area contributed by atoms with Crippen LogP contribution in [0.3, 0.4) is 0 Å². The molecule has 0 radical (unpaired) electrons. The summed E-state index contributed by atoms with van der Waals surface area (Å²) >= 11 is 0. The smallest absolute Gasteiger partial charge is 0.335 e. The second kappa shape index (κ2) is 7.26. The zero-order valence-electron chi connectivity index (χ0n) is 15.9. The van der Waals surface area contributed by atoms with Crippen LogP contribution in [-0.4, -0.2) is 40.8 Å². The molecule has 6 heteroatoms. The Kier molecular flexibility index (Phi) is 4.79. The van der Waals surface area contributed by atoms with Gasteiger partial charge in [0, 0.05) is 31.8 Å². The van der Waals surface area contributed by atoms with Crippen molar-refractivity contribution in [1.82, 2.24) is 4.90 Å². The van der Waals surface area contributed by atoms with Gasteiger partial charge in [-0.25, -0.2) is 4.79 Å². The van der Waals surface area contributed by atoms with Crippen LogP contribution in [0.2, 0.25) is 0 Å². The number of carbonyl (C=O) groups excluding carboxylic acids is 2. The van der Waals surface area contributed by atoms with Gasteiger partial charge in [-0.1, -0.05) is 12.1 Å². The number of carboxylic acid groups (broad SMARTS) is 1. The van der Waals surface area contributed by atoms with Crippen LogP contribution in [0, 0.1) is 6.92 Å². The molecule has 1 amide bonds. The Hall–Kier alpha value is -2.89. The number of fused-ring (bicyclic) bond motifs is 1. The number of nitrogens with zero attached hydrogens (tertiary/aromatic N) is 1. The van der Waals surface area contributed by atoms with Crippen LogP contribution >= 0.6 is 0 Å². The van der Waals surface area contributed by atoms with E-state index in [4.69, 9.17) is 4.42 Å². The molecular weight excluding hydrogens is 358 g/mol. The van der Waals surface area contributed by atoms with Gasteiger partial charge in [-0.2, -0.15) is 0 Å². The van der Waals surface area contributed by atoms with E-state index in [2.05, 4.69) is 0 Å². The van der Waals surface area contributed by atoms with Gasteiger partial charge in [-0.05, 0) is 43.9 Å². The molecule has 1 aliphatic carbocycles. The summed E-state index contributed by atoms with van der Waals surface area (Å²) in [5.74, 6) is 0.113. The molecule has 1 unspecified atom stereocenters. The number of rotatable bonds is 3. The largest absolute Gasteiger partial charge is 0.478 e. The third kappa shape index (κ3) is 3.23. The molecule has 1 fully saturated rings. The van der Waals surface area contributed by atoms with Gasteiger partial charge >= 0.3 is 5.97 Å². The normalized spacial score (nSPS) is 19.4. The maximum absolute atomic E-state index is 13.3. The molecule has 28 heavy (non-hydrogen) atoms. The van der Waals surface area contributed by atoms with E-state index in [1.807, 2.05) is 6.07 Å². The number of aromatic carboxylic acids is 1. The number of likely N-dealkylation sites (tertiary alicyclic amines) is 1. The molecule has 6 nitrogen and oxygen atoms in total. The number of amides is 1. The van der Waals surface area contributed by atoms with Gasteiger partial charge in [0.05, 0.1) is 16.7 Å². The van der Waals surface area contributed by atoms with Gasteiger partial charge in [0.2, 0.25) is 0 Å². The molecule has 1 saturated heterocycles. The molecule has 1 aromatic heterocycles. The van der Waals surface area contributed by atoms with E-state index in [-0.39, 0.29) is 23.2 Å². The van der Waals surface area contributed by atoms with Crippen molar-refractivity contribution in [3.63, 3.8) is 0 Å². The maximum Gasteiger partial charge on any atom is 0.335 e. The molecule has 0 bridgehead atoms. The predicted octanol–water partition coefficient (Wildman–Crippen LogP) is 3.83. The van der Waals surface area contributed by atoms with Gasteiger partial charge in [0.15, 0.2) is 5.78 Å². The van der Waals surface area contributed by atoms with E-state index in [1.165, 1.54) is 0 Å². The van der Waals surface area contributed by atoms with E-state index in [0.717, 1.165) is 24.8 Å². The lowest BCUT2D eigenvalue weighted by Crippen LogP contribution is -2.40. The second-order valence-corrected chi connectivity index (χ2v) is 7.63. The van der Waals surface area contributed by atoms with Crippen molar-refractivity contribution in [1.29, 1.82) is 0 Å². The minimum absolute atomic E-state index is 0.0100. The first kappa shape index (κ1) is 18.5. The van der Waals surface area contributed by atoms with Gasteiger partial charge in [-0.15, -0.1) is 0 Å². The van der Waals surface area contributed by atoms with Crippen molar-refractivity contribution in [3.8, 4) is 0 Å². The van der Waals surface area contributed by atoms with Crippen molar-refractivity contribution in [2.75, 3.05) is 13.1 Å². The summed E-state index contributed by atoms with van der Waals surface area (Å²) in [6.07, 6.45) is 3.64. The maximum atomic E-state index is 13.3. The molecule has 2 heterocycles. The number of Topliss-reactive ketones (excluding diaryl/α,β-unsaturated/α-hetero) is 1. The van der Waals surface area contributed by atoms with E-state index in [0.29, 0.717) is 48.6 Å². The summed E-state index contributed by atoms with van der Waals surface area (Å²) < 4.78 is 5.74. The monoisotopic (exact) mass is 381 g/mol. The highest BCUT2D eigenvalue weighted by atomic mass is 16.4. The lowest BCUT2D eigenvalue weighted by atomic mass is 9.88. The highest BCUT2D eigenvalue weighted by Gasteiger charge is 2.34. The number of ketones is 1. The van der Waals surface area contributed by atoms with Gasteiger partial charge in [0.1, 0.15) is 11.5 Å². The Bertz CT molecular complexity index is 958. The van der Waals surface area contributed by atoms with E-state index >= 15 is 0 Å². The molecule has 2 aliphatic rings. The lowest BCUT2D eigenvalue weighted by Gasteiger charge is -2.33. The van der Waals surface area contributed by atoms with E-state index < -0.39 is 5.97 Å². The van der Waals surface area contributed by atoms with Crippen LogP contribution in [0.25, 0.3) is 0 Å². The van der Waals surface area contributed by atoms with Crippen LogP contribution in [0.5, 0.6) is 0 Å². The number of carboxylic acids is 1. The first-order chi connectivity index (χ1) is 13.5. The zero-order chi connectivity index (χ0) is 19.8. The Morgan fingerprint density at radius 2 is 2.04 bits per heavy atom. The van der Waals surface area contributed by atoms with Gasteiger partial charge < -0.3 is 14.4 Å². The number of benzene rings is 1. The fourth-order valence-corrected chi connectivity index (χ4v) is 4.38. The number of hydrogen-bond donors (Lipinski definition) is 1. The number of hydrogen-bond acceptors (Lipinski definition) is 4. The van der Waals surface area contributed by atoms with Crippen molar-refractivity contribution in [2.45, 2.75) is 44.9 Å².